The molecule has 4 atom stereocenters. The van der Waals surface area contributed by atoms with Crippen LogP contribution in [-0.2, 0) is 9.59 Å². The third-order valence-electron chi connectivity index (χ3n) is 5.76. The van der Waals surface area contributed by atoms with Crippen molar-refractivity contribution in [1.29, 1.82) is 0 Å². The average molecular weight is 445 g/mol. The van der Waals surface area contributed by atoms with Crippen LogP contribution < -0.4 is 11.1 Å². The van der Waals surface area contributed by atoms with Gasteiger partial charge in [-0.2, -0.15) is 0 Å². The van der Waals surface area contributed by atoms with E-state index >= 15 is 0 Å². The molecule has 0 saturated carbocycles. The summed E-state index contributed by atoms with van der Waals surface area (Å²) in [7, 11) is 0. The highest BCUT2D eigenvalue weighted by Gasteiger charge is 2.41. The number of aliphatic hydroxyl groups is 2. The number of nitrogens with zero attached hydrogens (tertiary/aromatic N) is 2. The molecule has 1 aromatic carbocycles. The van der Waals surface area contributed by atoms with Gasteiger partial charge in [0.15, 0.2) is 0 Å². The Labute approximate surface area is 186 Å². The van der Waals surface area contributed by atoms with Crippen molar-refractivity contribution < 1.29 is 24.2 Å². The molecule has 172 valence electrons. The lowest BCUT2D eigenvalue weighted by molar-refractivity contribution is -0.140. The standard InChI is InChI=1S/C23H29FN4O4/c1-13(2)21(25)23(32)28-11-16(30)9-20(28)22(31)27-19(12-29)15-5-3-14(4-6-15)17-7-8-26-10-18(17)24/h3-8,10,13,16,19-21,29-30H,9,11-12,25H2,1-2H3,(H,27,31)/t16-,19?,20+,21+/m1/s1. The molecule has 9 heteroatoms. The van der Waals surface area contributed by atoms with Crippen LogP contribution in [0.25, 0.3) is 11.1 Å². The first-order valence-electron chi connectivity index (χ1n) is 10.6. The molecule has 32 heavy (non-hydrogen) atoms. The summed E-state index contributed by atoms with van der Waals surface area (Å²) in [4.78, 5) is 30.7. The highest BCUT2D eigenvalue weighted by Crippen LogP contribution is 2.25. The van der Waals surface area contributed by atoms with Crippen molar-refractivity contribution in [2.75, 3.05) is 13.2 Å². The Hall–Kier alpha value is -2.88. The average Bonchev–Trinajstić information content (AvgIpc) is 3.18. The number of benzene rings is 1. The molecule has 0 radical (unpaired) electrons. The summed E-state index contributed by atoms with van der Waals surface area (Å²) in [5, 5.41) is 22.7. The second-order valence-electron chi connectivity index (χ2n) is 8.39. The molecule has 8 nitrogen and oxygen atoms in total. The zero-order chi connectivity index (χ0) is 23.4. The molecule has 1 fully saturated rings. The molecular formula is C23H29FN4O4. The number of rotatable bonds is 7. The van der Waals surface area contributed by atoms with Crippen LogP contribution in [0.2, 0.25) is 0 Å². The number of nitrogens with two attached hydrogens (primary N) is 1. The van der Waals surface area contributed by atoms with E-state index in [9.17, 15) is 24.2 Å². The monoisotopic (exact) mass is 444 g/mol. The van der Waals surface area contributed by atoms with E-state index in [1.165, 1.54) is 11.1 Å². The van der Waals surface area contributed by atoms with Crippen LogP contribution in [0, 0.1) is 11.7 Å². The zero-order valence-corrected chi connectivity index (χ0v) is 18.1. The summed E-state index contributed by atoms with van der Waals surface area (Å²) in [5.74, 6) is -1.43. The number of amides is 2. The summed E-state index contributed by atoms with van der Waals surface area (Å²) in [6, 6.07) is 5.96. The fraction of sp³-hybridized carbons (Fsp3) is 0.435. The van der Waals surface area contributed by atoms with Gasteiger partial charge in [-0.05, 0) is 23.1 Å². The molecule has 0 aliphatic carbocycles. The van der Waals surface area contributed by atoms with Gasteiger partial charge in [-0.3, -0.25) is 14.6 Å². The minimum absolute atomic E-state index is 0.0350. The van der Waals surface area contributed by atoms with Crippen molar-refractivity contribution in [2.24, 2.45) is 11.7 Å². The number of nitrogens with one attached hydrogen (secondary N) is 1. The molecule has 1 aromatic heterocycles. The van der Waals surface area contributed by atoms with Gasteiger partial charge in [-0.25, -0.2) is 4.39 Å². The van der Waals surface area contributed by atoms with Gasteiger partial charge in [0.05, 0.1) is 31.0 Å². The maximum absolute atomic E-state index is 14.0. The lowest BCUT2D eigenvalue weighted by atomic mass is 10.0. The molecule has 1 saturated heterocycles. The van der Waals surface area contributed by atoms with Crippen molar-refractivity contribution in [3.8, 4) is 11.1 Å². The summed E-state index contributed by atoms with van der Waals surface area (Å²) in [5.41, 5.74) is 7.61. The van der Waals surface area contributed by atoms with Crippen LogP contribution in [0.5, 0.6) is 0 Å². The summed E-state index contributed by atoms with van der Waals surface area (Å²) >= 11 is 0. The van der Waals surface area contributed by atoms with Crippen molar-refractivity contribution >= 4 is 11.8 Å². The van der Waals surface area contributed by atoms with Crippen molar-refractivity contribution in [2.45, 2.75) is 44.5 Å². The van der Waals surface area contributed by atoms with E-state index in [1.54, 1.807) is 30.3 Å². The molecular weight excluding hydrogens is 415 g/mol. The Kier molecular flexibility index (Phi) is 7.55. The molecule has 5 N–H and O–H groups in total. The highest BCUT2D eigenvalue weighted by molar-refractivity contribution is 5.90. The van der Waals surface area contributed by atoms with Gasteiger partial charge in [-0.15, -0.1) is 0 Å². The lowest BCUT2D eigenvalue weighted by Gasteiger charge is -2.29. The summed E-state index contributed by atoms with van der Waals surface area (Å²) in [6.07, 6.45) is 1.91. The number of carbonyl (C=O) groups excluding carboxylic acids is 2. The number of halogens is 1. The van der Waals surface area contributed by atoms with Gasteiger partial charge in [0.2, 0.25) is 11.8 Å². The van der Waals surface area contributed by atoms with E-state index in [2.05, 4.69) is 10.3 Å². The minimum Gasteiger partial charge on any atom is -0.394 e. The molecule has 0 spiro atoms. The van der Waals surface area contributed by atoms with Crippen LogP contribution in [-0.4, -0.2) is 63.3 Å². The molecule has 1 aliphatic rings. The van der Waals surface area contributed by atoms with Gasteiger partial charge < -0.3 is 26.2 Å². The SMILES string of the molecule is CC(C)[C@H](N)C(=O)N1C[C@H](O)C[C@H]1C(=O)NC(CO)c1ccc(-c2ccncc2F)cc1. The lowest BCUT2D eigenvalue weighted by Crippen LogP contribution is -2.53. The molecule has 2 aromatic rings. The smallest absolute Gasteiger partial charge is 0.243 e. The number of β-amino-alcohol motifs (C(OH)–C–C–N with tert-alkyl or cyclic N) is 1. The Morgan fingerprint density at radius 2 is 1.97 bits per heavy atom. The molecule has 3 rings (SSSR count). The van der Waals surface area contributed by atoms with Gasteiger partial charge in [0, 0.05) is 24.7 Å². The Morgan fingerprint density at radius 1 is 1.28 bits per heavy atom. The first-order valence-corrected chi connectivity index (χ1v) is 10.6. The van der Waals surface area contributed by atoms with Gasteiger partial charge in [-0.1, -0.05) is 38.1 Å². The molecule has 2 amide bonds. The number of aromatic nitrogens is 1. The largest absolute Gasteiger partial charge is 0.394 e. The zero-order valence-electron chi connectivity index (χ0n) is 18.1. The van der Waals surface area contributed by atoms with E-state index in [4.69, 9.17) is 5.73 Å². The third-order valence-corrected chi connectivity index (χ3v) is 5.76. The van der Waals surface area contributed by atoms with Crippen LogP contribution in [0.1, 0.15) is 31.9 Å². The number of hydrogen-bond acceptors (Lipinski definition) is 6. The van der Waals surface area contributed by atoms with E-state index < -0.39 is 36.0 Å². The number of pyridine rings is 1. The maximum atomic E-state index is 14.0. The topological polar surface area (TPSA) is 129 Å². The summed E-state index contributed by atoms with van der Waals surface area (Å²) < 4.78 is 14.0. The molecule has 2 heterocycles. The number of hydrogen-bond donors (Lipinski definition) is 4. The second-order valence-corrected chi connectivity index (χ2v) is 8.39. The molecule has 1 aliphatic heterocycles. The second kappa shape index (κ2) is 10.2. The van der Waals surface area contributed by atoms with E-state index in [0.29, 0.717) is 16.7 Å². The maximum Gasteiger partial charge on any atom is 0.243 e. The fourth-order valence-corrected chi connectivity index (χ4v) is 3.79. The molecule has 0 bridgehead atoms. The highest BCUT2D eigenvalue weighted by atomic mass is 19.1. The van der Waals surface area contributed by atoms with E-state index in [-0.39, 0.29) is 31.4 Å². The predicted octanol–water partition coefficient (Wildman–Crippen LogP) is 0.982. The van der Waals surface area contributed by atoms with E-state index in [1.807, 2.05) is 13.8 Å². The van der Waals surface area contributed by atoms with Gasteiger partial charge >= 0.3 is 0 Å². The minimum atomic E-state index is -0.874. The Balaban J connectivity index is 1.73. The van der Waals surface area contributed by atoms with Crippen LogP contribution >= 0.6 is 0 Å². The Morgan fingerprint density at radius 3 is 2.56 bits per heavy atom. The number of likely N-dealkylation sites (tertiary alicyclic amines) is 1. The normalized spacial score (nSPS) is 20.3. The van der Waals surface area contributed by atoms with Crippen molar-refractivity contribution in [3.05, 3.63) is 54.1 Å². The van der Waals surface area contributed by atoms with E-state index in [0.717, 1.165) is 6.20 Å². The predicted molar refractivity (Wildman–Crippen MR) is 117 cm³/mol. The van der Waals surface area contributed by atoms with Gasteiger partial charge in [0.25, 0.3) is 0 Å². The van der Waals surface area contributed by atoms with Crippen molar-refractivity contribution in [1.82, 2.24) is 15.2 Å². The summed E-state index contributed by atoms with van der Waals surface area (Å²) in [6.45, 7) is 3.29. The molecule has 1 unspecified atom stereocenters. The van der Waals surface area contributed by atoms with Crippen molar-refractivity contribution in [3.63, 3.8) is 0 Å². The Bertz CT molecular complexity index is 953. The number of carbonyl (C=O) groups is 2. The van der Waals surface area contributed by atoms with Crippen LogP contribution in [0.3, 0.4) is 0 Å². The quantitative estimate of drug-likeness (QED) is 0.504. The fourth-order valence-electron chi connectivity index (χ4n) is 3.79. The first kappa shape index (κ1) is 23.8. The van der Waals surface area contributed by atoms with Crippen LogP contribution in [0.15, 0.2) is 42.7 Å². The number of aliphatic hydroxyl groups excluding tert-OH is 2. The third kappa shape index (κ3) is 5.12. The van der Waals surface area contributed by atoms with Crippen LogP contribution in [0.4, 0.5) is 4.39 Å². The van der Waals surface area contributed by atoms with Gasteiger partial charge in [0.1, 0.15) is 11.9 Å². The first-order chi connectivity index (χ1) is 15.2.